The van der Waals surface area contributed by atoms with Crippen molar-refractivity contribution >= 4 is 0 Å². The highest BCUT2D eigenvalue weighted by Gasteiger charge is 2.20. The Labute approximate surface area is 118 Å². The highest BCUT2D eigenvalue weighted by atomic mass is 14.9. The van der Waals surface area contributed by atoms with Gasteiger partial charge in [0.05, 0.1) is 0 Å². The number of aryl methyl sites for hydroxylation is 2. The summed E-state index contributed by atoms with van der Waals surface area (Å²) in [5.41, 5.74) is 4.33. The van der Waals surface area contributed by atoms with Gasteiger partial charge >= 0.3 is 0 Å². The van der Waals surface area contributed by atoms with E-state index in [1.165, 1.54) is 55.2 Å². The highest BCUT2D eigenvalue weighted by Crippen LogP contribution is 2.33. The zero-order chi connectivity index (χ0) is 13.7. The van der Waals surface area contributed by atoms with Crippen molar-refractivity contribution in [3.8, 4) is 0 Å². The summed E-state index contributed by atoms with van der Waals surface area (Å²) < 4.78 is 0. The molecule has 0 saturated heterocycles. The lowest BCUT2D eigenvalue weighted by atomic mass is 9.82. The van der Waals surface area contributed by atoms with E-state index in [1.807, 2.05) is 0 Å². The molecule has 0 heterocycles. The molecule has 0 spiro atoms. The molecule has 1 unspecified atom stereocenters. The van der Waals surface area contributed by atoms with Gasteiger partial charge in [-0.2, -0.15) is 0 Å². The fourth-order valence-electron chi connectivity index (χ4n) is 3.54. The van der Waals surface area contributed by atoms with Crippen molar-refractivity contribution in [3.63, 3.8) is 0 Å². The van der Waals surface area contributed by atoms with Gasteiger partial charge in [-0.1, -0.05) is 62.8 Å². The Hall–Kier alpha value is -0.820. The van der Waals surface area contributed by atoms with E-state index in [-0.39, 0.29) is 0 Å². The van der Waals surface area contributed by atoms with Crippen LogP contribution in [0.15, 0.2) is 18.2 Å². The van der Waals surface area contributed by atoms with Crippen LogP contribution in [0.25, 0.3) is 0 Å². The minimum absolute atomic E-state index is 0.550. The number of benzene rings is 1. The van der Waals surface area contributed by atoms with Gasteiger partial charge < -0.3 is 5.32 Å². The quantitative estimate of drug-likeness (QED) is 0.791. The van der Waals surface area contributed by atoms with Crippen molar-refractivity contribution in [1.82, 2.24) is 5.32 Å². The van der Waals surface area contributed by atoms with Gasteiger partial charge in [0, 0.05) is 6.04 Å². The molecule has 1 saturated carbocycles. The standard InChI is InChI=1S/C18H29N/c1-4-19-18(13-16-8-6-5-7-9-16)17-11-10-14(2)12-15(17)3/h10-12,16,18-19H,4-9,13H2,1-3H3. The molecule has 0 amide bonds. The van der Waals surface area contributed by atoms with Gasteiger partial charge in [0.1, 0.15) is 0 Å². The first-order valence-electron chi connectivity index (χ1n) is 8.01. The van der Waals surface area contributed by atoms with Crippen LogP contribution in [-0.4, -0.2) is 6.54 Å². The molecule has 1 fully saturated rings. The summed E-state index contributed by atoms with van der Waals surface area (Å²) >= 11 is 0. The molecule has 0 radical (unpaired) electrons. The molecule has 1 atom stereocenters. The van der Waals surface area contributed by atoms with E-state index in [4.69, 9.17) is 0 Å². The zero-order valence-electron chi connectivity index (χ0n) is 12.8. The molecule has 19 heavy (non-hydrogen) atoms. The van der Waals surface area contributed by atoms with Crippen LogP contribution in [0.1, 0.15) is 68.2 Å². The summed E-state index contributed by atoms with van der Waals surface area (Å²) in [6.07, 6.45) is 8.52. The highest BCUT2D eigenvalue weighted by molar-refractivity contribution is 5.32. The number of hydrogen-bond acceptors (Lipinski definition) is 1. The maximum atomic E-state index is 3.71. The second-order valence-corrected chi connectivity index (χ2v) is 6.21. The first kappa shape index (κ1) is 14.6. The van der Waals surface area contributed by atoms with Gasteiger partial charge in [0.2, 0.25) is 0 Å². The fraction of sp³-hybridized carbons (Fsp3) is 0.667. The molecule has 1 aliphatic rings. The summed E-state index contributed by atoms with van der Waals surface area (Å²) in [6.45, 7) is 7.72. The largest absolute Gasteiger partial charge is 0.310 e. The Morgan fingerprint density at radius 3 is 2.53 bits per heavy atom. The van der Waals surface area contributed by atoms with Gasteiger partial charge in [-0.25, -0.2) is 0 Å². The van der Waals surface area contributed by atoms with Crippen LogP contribution in [0.3, 0.4) is 0 Å². The molecular formula is C18H29N. The summed E-state index contributed by atoms with van der Waals surface area (Å²) in [6, 6.07) is 7.46. The third-order valence-electron chi connectivity index (χ3n) is 4.55. The van der Waals surface area contributed by atoms with Crippen LogP contribution < -0.4 is 5.32 Å². The van der Waals surface area contributed by atoms with Crippen molar-refractivity contribution in [1.29, 1.82) is 0 Å². The Morgan fingerprint density at radius 2 is 1.89 bits per heavy atom. The van der Waals surface area contributed by atoms with E-state index < -0.39 is 0 Å². The van der Waals surface area contributed by atoms with Gasteiger partial charge in [-0.3, -0.25) is 0 Å². The van der Waals surface area contributed by atoms with E-state index in [0.29, 0.717) is 6.04 Å². The minimum Gasteiger partial charge on any atom is -0.310 e. The maximum Gasteiger partial charge on any atom is 0.0325 e. The molecule has 0 aliphatic heterocycles. The molecular weight excluding hydrogens is 230 g/mol. The van der Waals surface area contributed by atoms with Gasteiger partial charge in [-0.15, -0.1) is 0 Å². The molecule has 1 aliphatic carbocycles. The molecule has 0 bridgehead atoms. The van der Waals surface area contributed by atoms with Gasteiger partial charge in [-0.05, 0) is 43.9 Å². The van der Waals surface area contributed by atoms with Crippen molar-refractivity contribution in [2.75, 3.05) is 6.54 Å². The average molecular weight is 259 g/mol. The number of hydrogen-bond donors (Lipinski definition) is 1. The lowest BCUT2D eigenvalue weighted by Gasteiger charge is -2.28. The smallest absolute Gasteiger partial charge is 0.0325 e. The molecule has 1 N–H and O–H groups in total. The van der Waals surface area contributed by atoms with Crippen molar-refractivity contribution in [2.24, 2.45) is 5.92 Å². The van der Waals surface area contributed by atoms with Crippen LogP contribution in [-0.2, 0) is 0 Å². The predicted molar refractivity (Wildman–Crippen MR) is 83.5 cm³/mol. The van der Waals surface area contributed by atoms with Gasteiger partial charge in [0.25, 0.3) is 0 Å². The second kappa shape index (κ2) is 7.09. The van der Waals surface area contributed by atoms with Gasteiger partial charge in [0.15, 0.2) is 0 Å². The Morgan fingerprint density at radius 1 is 1.16 bits per heavy atom. The summed E-state index contributed by atoms with van der Waals surface area (Å²) in [5, 5.41) is 3.71. The number of nitrogens with one attached hydrogen (secondary N) is 1. The van der Waals surface area contributed by atoms with Crippen LogP contribution in [0.5, 0.6) is 0 Å². The van der Waals surface area contributed by atoms with E-state index >= 15 is 0 Å². The van der Waals surface area contributed by atoms with E-state index in [0.717, 1.165) is 12.5 Å². The van der Waals surface area contributed by atoms with E-state index in [9.17, 15) is 0 Å². The second-order valence-electron chi connectivity index (χ2n) is 6.21. The summed E-state index contributed by atoms with van der Waals surface area (Å²) in [7, 11) is 0. The Balaban J connectivity index is 2.09. The van der Waals surface area contributed by atoms with E-state index in [1.54, 1.807) is 0 Å². The predicted octanol–water partition coefficient (Wildman–Crippen LogP) is 4.92. The lowest BCUT2D eigenvalue weighted by Crippen LogP contribution is -2.25. The molecule has 0 aromatic heterocycles. The first-order chi connectivity index (χ1) is 9.20. The molecule has 1 aromatic rings. The third-order valence-corrected chi connectivity index (χ3v) is 4.55. The summed E-state index contributed by atoms with van der Waals surface area (Å²) in [4.78, 5) is 0. The molecule has 2 rings (SSSR count). The average Bonchev–Trinajstić information content (AvgIpc) is 2.39. The van der Waals surface area contributed by atoms with E-state index in [2.05, 4.69) is 44.3 Å². The van der Waals surface area contributed by atoms with Crippen LogP contribution >= 0.6 is 0 Å². The zero-order valence-corrected chi connectivity index (χ0v) is 12.8. The van der Waals surface area contributed by atoms with Crippen LogP contribution in [0.2, 0.25) is 0 Å². The third kappa shape index (κ3) is 4.07. The SMILES string of the molecule is CCNC(CC1CCCCC1)c1ccc(C)cc1C. The minimum atomic E-state index is 0.550. The van der Waals surface area contributed by atoms with Crippen molar-refractivity contribution in [2.45, 2.75) is 65.3 Å². The van der Waals surface area contributed by atoms with Crippen LogP contribution in [0.4, 0.5) is 0 Å². The number of rotatable bonds is 5. The first-order valence-corrected chi connectivity index (χ1v) is 8.01. The molecule has 1 aromatic carbocycles. The molecule has 106 valence electrons. The normalized spacial score (nSPS) is 18.5. The molecule has 1 heteroatoms. The van der Waals surface area contributed by atoms with Crippen molar-refractivity contribution in [3.05, 3.63) is 34.9 Å². The topological polar surface area (TPSA) is 12.0 Å². The Bertz CT molecular complexity index is 391. The lowest BCUT2D eigenvalue weighted by molar-refractivity contribution is 0.301. The summed E-state index contributed by atoms with van der Waals surface area (Å²) in [5.74, 6) is 0.929. The fourth-order valence-corrected chi connectivity index (χ4v) is 3.54. The van der Waals surface area contributed by atoms with Crippen LogP contribution in [0, 0.1) is 19.8 Å². The van der Waals surface area contributed by atoms with Crippen molar-refractivity contribution < 1.29 is 0 Å². The Kier molecular flexibility index (Phi) is 5.45. The maximum absolute atomic E-state index is 3.71. The monoisotopic (exact) mass is 259 g/mol. The molecule has 1 nitrogen and oxygen atoms in total.